The summed E-state index contributed by atoms with van der Waals surface area (Å²) in [6.07, 6.45) is 0.871. The van der Waals surface area contributed by atoms with Crippen molar-refractivity contribution in [3.05, 3.63) is 47.9 Å². The zero-order valence-corrected chi connectivity index (χ0v) is 15.2. The van der Waals surface area contributed by atoms with Gasteiger partial charge in [-0.1, -0.05) is 6.92 Å². The van der Waals surface area contributed by atoms with Crippen LogP contribution in [-0.2, 0) is 0 Å². The van der Waals surface area contributed by atoms with E-state index in [1.54, 1.807) is 18.2 Å². The molecule has 1 amide bonds. The minimum atomic E-state index is -0.222. The Morgan fingerprint density at radius 3 is 2.31 bits per heavy atom. The lowest BCUT2D eigenvalue weighted by Crippen LogP contribution is -2.47. The number of nitrogens with zero attached hydrogens (tertiary/aromatic N) is 4. The lowest BCUT2D eigenvalue weighted by atomic mass is 10.2. The molecule has 1 atom stereocenters. The monoisotopic (exact) mass is 357 g/mol. The zero-order valence-electron chi connectivity index (χ0n) is 15.2. The van der Waals surface area contributed by atoms with E-state index in [4.69, 9.17) is 0 Å². The molecule has 1 unspecified atom stereocenters. The highest BCUT2D eigenvalue weighted by molar-refractivity contribution is 5.92. The predicted molar refractivity (Wildman–Crippen MR) is 100 cm³/mol. The number of amides is 1. The Labute approximate surface area is 153 Å². The predicted octanol–water partition coefficient (Wildman–Crippen LogP) is 2.47. The normalized spacial score (nSPS) is 15.7. The van der Waals surface area contributed by atoms with Gasteiger partial charge in [0, 0.05) is 37.9 Å². The van der Waals surface area contributed by atoms with Crippen LogP contribution in [-0.4, -0.2) is 48.3 Å². The number of benzene rings is 1. The summed E-state index contributed by atoms with van der Waals surface area (Å²) >= 11 is 0. The lowest BCUT2D eigenvalue weighted by molar-refractivity contribution is 0.0933. The molecule has 1 aromatic carbocycles. The summed E-state index contributed by atoms with van der Waals surface area (Å²) in [4.78, 5) is 16.4. The minimum absolute atomic E-state index is 0.114. The van der Waals surface area contributed by atoms with E-state index < -0.39 is 0 Å². The Balaban J connectivity index is 1.57. The van der Waals surface area contributed by atoms with Crippen molar-refractivity contribution < 1.29 is 9.18 Å². The fourth-order valence-electron chi connectivity index (χ4n) is 2.86. The smallest absolute Gasteiger partial charge is 0.272 e. The number of hydrogen-bond donors (Lipinski definition) is 1. The molecule has 0 bridgehead atoms. The molecule has 1 aliphatic heterocycles. The second kappa shape index (κ2) is 8.12. The van der Waals surface area contributed by atoms with E-state index in [1.165, 1.54) is 12.1 Å². The molecule has 26 heavy (non-hydrogen) atoms. The summed E-state index contributed by atoms with van der Waals surface area (Å²) < 4.78 is 13.0. The van der Waals surface area contributed by atoms with E-state index in [0.29, 0.717) is 5.69 Å². The molecule has 3 rings (SSSR count). The van der Waals surface area contributed by atoms with Gasteiger partial charge in [-0.3, -0.25) is 4.79 Å². The summed E-state index contributed by atoms with van der Waals surface area (Å²) in [5.41, 5.74) is 1.35. The highest BCUT2D eigenvalue weighted by atomic mass is 19.1. The Bertz CT molecular complexity index is 727. The first-order chi connectivity index (χ1) is 12.6. The summed E-state index contributed by atoms with van der Waals surface area (Å²) in [6, 6.07) is 10.2. The summed E-state index contributed by atoms with van der Waals surface area (Å²) in [5, 5.41) is 11.2. The summed E-state index contributed by atoms with van der Waals surface area (Å²) in [6.45, 7) is 7.22. The van der Waals surface area contributed by atoms with Crippen LogP contribution in [0.15, 0.2) is 36.4 Å². The fourth-order valence-corrected chi connectivity index (χ4v) is 2.86. The van der Waals surface area contributed by atoms with Crippen LogP contribution in [0.4, 0.5) is 15.9 Å². The first-order valence-electron chi connectivity index (χ1n) is 8.97. The molecule has 1 N–H and O–H groups in total. The Hall–Kier alpha value is -2.70. The average Bonchev–Trinajstić information content (AvgIpc) is 2.68. The van der Waals surface area contributed by atoms with Gasteiger partial charge in [0.15, 0.2) is 11.5 Å². The Morgan fingerprint density at radius 1 is 1.08 bits per heavy atom. The summed E-state index contributed by atoms with van der Waals surface area (Å²) in [7, 11) is 0. The van der Waals surface area contributed by atoms with Crippen LogP contribution in [0.5, 0.6) is 0 Å². The van der Waals surface area contributed by atoms with Gasteiger partial charge in [0.2, 0.25) is 0 Å². The fraction of sp³-hybridized carbons (Fsp3) is 0.421. The SMILES string of the molecule is CCC(C)NC(=O)c1ccc(N2CCN(c3ccc(F)cc3)CC2)nn1. The molecule has 1 aliphatic rings. The number of anilines is 2. The number of piperazine rings is 1. The third kappa shape index (κ3) is 4.28. The highest BCUT2D eigenvalue weighted by Gasteiger charge is 2.19. The number of aromatic nitrogens is 2. The van der Waals surface area contributed by atoms with Gasteiger partial charge < -0.3 is 15.1 Å². The van der Waals surface area contributed by atoms with Crippen LogP contribution < -0.4 is 15.1 Å². The number of nitrogens with one attached hydrogen (secondary N) is 1. The molecule has 0 aliphatic carbocycles. The van der Waals surface area contributed by atoms with Gasteiger partial charge in [0.25, 0.3) is 5.91 Å². The van der Waals surface area contributed by atoms with Crippen molar-refractivity contribution in [2.45, 2.75) is 26.3 Å². The summed E-state index contributed by atoms with van der Waals surface area (Å²) in [5.74, 6) is 0.350. The Morgan fingerprint density at radius 2 is 1.73 bits per heavy atom. The van der Waals surface area contributed by atoms with Gasteiger partial charge in [-0.15, -0.1) is 10.2 Å². The van der Waals surface area contributed by atoms with Crippen molar-refractivity contribution >= 4 is 17.4 Å². The lowest BCUT2D eigenvalue weighted by Gasteiger charge is -2.36. The maximum Gasteiger partial charge on any atom is 0.272 e. The second-order valence-corrected chi connectivity index (χ2v) is 6.51. The number of carbonyl (C=O) groups excluding carboxylic acids is 1. The maximum absolute atomic E-state index is 13.0. The van der Waals surface area contributed by atoms with Crippen molar-refractivity contribution in [2.24, 2.45) is 0 Å². The molecule has 7 heteroatoms. The number of rotatable bonds is 5. The van der Waals surface area contributed by atoms with Gasteiger partial charge in [0.1, 0.15) is 5.82 Å². The molecule has 1 saturated heterocycles. The molecule has 1 fully saturated rings. The molecule has 1 aromatic heterocycles. The van der Waals surface area contributed by atoms with Crippen molar-refractivity contribution in [3.63, 3.8) is 0 Å². The number of halogens is 1. The molecule has 138 valence electrons. The maximum atomic E-state index is 13.0. The second-order valence-electron chi connectivity index (χ2n) is 6.51. The van der Waals surface area contributed by atoms with Crippen LogP contribution in [0, 0.1) is 5.82 Å². The molecular formula is C19H24FN5O. The quantitative estimate of drug-likeness (QED) is 0.891. The first-order valence-corrected chi connectivity index (χ1v) is 8.97. The zero-order chi connectivity index (χ0) is 18.5. The van der Waals surface area contributed by atoms with E-state index in [9.17, 15) is 9.18 Å². The van der Waals surface area contributed by atoms with Crippen molar-refractivity contribution in [1.29, 1.82) is 0 Å². The number of hydrogen-bond acceptors (Lipinski definition) is 5. The van der Waals surface area contributed by atoms with Crippen molar-refractivity contribution in [1.82, 2.24) is 15.5 Å². The highest BCUT2D eigenvalue weighted by Crippen LogP contribution is 2.19. The van der Waals surface area contributed by atoms with Gasteiger partial charge in [-0.05, 0) is 49.7 Å². The third-order valence-corrected chi connectivity index (χ3v) is 4.67. The molecule has 0 spiro atoms. The first kappa shape index (κ1) is 18.1. The largest absolute Gasteiger partial charge is 0.368 e. The van der Waals surface area contributed by atoms with Crippen molar-refractivity contribution in [2.75, 3.05) is 36.0 Å². The third-order valence-electron chi connectivity index (χ3n) is 4.67. The average molecular weight is 357 g/mol. The molecule has 0 saturated carbocycles. The minimum Gasteiger partial charge on any atom is -0.368 e. The Kier molecular flexibility index (Phi) is 5.65. The van der Waals surface area contributed by atoms with Crippen LogP contribution in [0.2, 0.25) is 0 Å². The molecule has 2 aromatic rings. The molecule has 6 nitrogen and oxygen atoms in total. The van der Waals surface area contributed by atoms with Gasteiger partial charge >= 0.3 is 0 Å². The van der Waals surface area contributed by atoms with Crippen LogP contribution >= 0.6 is 0 Å². The van der Waals surface area contributed by atoms with Crippen LogP contribution in [0.3, 0.4) is 0 Å². The van der Waals surface area contributed by atoms with E-state index in [1.807, 2.05) is 19.9 Å². The standard InChI is InChI=1S/C19H24FN5O/c1-3-14(2)21-19(26)17-8-9-18(23-22-17)25-12-10-24(11-13-25)16-6-4-15(20)5-7-16/h4-9,14H,3,10-13H2,1-2H3,(H,21,26). The van der Waals surface area contributed by atoms with Crippen molar-refractivity contribution in [3.8, 4) is 0 Å². The topological polar surface area (TPSA) is 61.4 Å². The van der Waals surface area contributed by atoms with Gasteiger partial charge in [-0.2, -0.15) is 0 Å². The van der Waals surface area contributed by atoms with Crippen LogP contribution in [0.1, 0.15) is 30.8 Å². The van der Waals surface area contributed by atoms with Gasteiger partial charge in [0.05, 0.1) is 0 Å². The van der Waals surface area contributed by atoms with Crippen LogP contribution in [0.25, 0.3) is 0 Å². The van der Waals surface area contributed by atoms with E-state index >= 15 is 0 Å². The van der Waals surface area contributed by atoms with E-state index in [0.717, 1.165) is 44.1 Å². The molecular weight excluding hydrogens is 333 g/mol. The van der Waals surface area contributed by atoms with Gasteiger partial charge in [-0.25, -0.2) is 4.39 Å². The molecule has 0 radical (unpaired) electrons. The number of carbonyl (C=O) groups is 1. The van der Waals surface area contributed by atoms with E-state index in [-0.39, 0.29) is 17.8 Å². The molecule has 2 heterocycles. The van der Waals surface area contributed by atoms with E-state index in [2.05, 4.69) is 25.3 Å².